The van der Waals surface area contributed by atoms with Crippen molar-refractivity contribution in [2.75, 3.05) is 13.7 Å². The monoisotopic (exact) mass is 269 g/mol. The second-order valence-corrected chi connectivity index (χ2v) is 5.94. The fourth-order valence-corrected chi connectivity index (χ4v) is 3.61. The molecule has 0 bridgehead atoms. The number of piperidine rings is 1. The third-order valence-corrected chi connectivity index (χ3v) is 4.67. The van der Waals surface area contributed by atoms with Crippen LogP contribution in [0.5, 0.6) is 0 Å². The maximum atomic E-state index is 11.5. The number of ether oxygens (including phenoxy) is 1. The summed E-state index contributed by atoms with van der Waals surface area (Å²) >= 11 is 0. The summed E-state index contributed by atoms with van der Waals surface area (Å²) in [6.07, 6.45) is 9.20. The smallest absolute Gasteiger partial charge is 0.307 e. The Hall–Kier alpha value is -0.610. The lowest BCUT2D eigenvalue weighted by Gasteiger charge is -2.42. The van der Waals surface area contributed by atoms with Gasteiger partial charge in [0.2, 0.25) is 0 Å². The molecule has 4 nitrogen and oxygen atoms in total. The largest absolute Gasteiger partial charge is 0.469 e. The van der Waals surface area contributed by atoms with Gasteiger partial charge in [-0.1, -0.05) is 25.7 Å². The van der Waals surface area contributed by atoms with Gasteiger partial charge in [-0.05, 0) is 32.2 Å². The molecule has 0 aromatic carbocycles. The number of hydrogen-bond acceptors (Lipinski definition) is 4. The lowest BCUT2D eigenvalue weighted by Crippen LogP contribution is -2.51. The van der Waals surface area contributed by atoms with Crippen LogP contribution in [0.4, 0.5) is 0 Å². The molecule has 0 amide bonds. The molecule has 2 rings (SSSR count). The predicted molar refractivity (Wildman–Crippen MR) is 73.9 cm³/mol. The highest BCUT2D eigenvalue weighted by Gasteiger charge is 2.34. The van der Waals surface area contributed by atoms with Gasteiger partial charge >= 0.3 is 5.97 Å². The van der Waals surface area contributed by atoms with Crippen molar-refractivity contribution < 1.29 is 14.6 Å². The molecule has 0 spiro atoms. The first-order valence-electron chi connectivity index (χ1n) is 7.73. The molecule has 0 radical (unpaired) electrons. The Kier molecular flexibility index (Phi) is 5.64. The van der Waals surface area contributed by atoms with Gasteiger partial charge in [-0.2, -0.15) is 0 Å². The van der Waals surface area contributed by atoms with Crippen molar-refractivity contribution in [1.29, 1.82) is 0 Å². The van der Waals surface area contributed by atoms with Crippen molar-refractivity contribution in [1.82, 2.24) is 4.90 Å². The van der Waals surface area contributed by atoms with Crippen LogP contribution in [0.1, 0.15) is 57.8 Å². The molecule has 19 heavy (non-hydrogen) atoms. The quantitative estimate of drug-likeness (QED) is 0.629. The van der Waals surface area contributed by atoms with E-state index >= 15 is 0 Å². The van der Waals surface area contributed by atoms with E-state index in [0.29, 0.717) is 6.42 Å². The molecule has 1 saturated heterocycles. The minimum Gasteiger partial charge on any atom is -0.469 e. The van der Waals surface area contributed by atoms with Crippen molar-refractivity contribution in [3.05, 3.63) is 0 Å². The summed E-state index contributed by atoms with van der Waals surface area (Å²) in [6, 6.07) is 0.511. The van der Waals surface area contributed by atoms with Crippen LogP contribution >= 0.6 is 0 Å². The standard InChI is InChI=1S/C15H27NO3/c1-19-15(18)11-12-7-5-6-10-16(12)13-8-3-2-4-9-14(13)17/h12-14,17H,2-11H2,1H3. The van der Waals surface area contributed by atoms with Gasteiger partial charge in [0.25, 0.3) is 0 Å². The van der Waals surface area contributed by atoms with Gasteiger partial charge in [0.1, 0.15) is 0 Å². The van der Waals surface area contributed by atoms with Crippen LogP contribution in [0.25, 0.3) is 0 Å². The SMILES string of the molecule is COC(=O)CC1CCCCN1C1CCCCCC1O. The van der Waals surface area contributed by atoms with E-state index in [9.17, 15) is 9.90 Å². The van der Waals surface area contributed by atoms with E-state index in [4.69, 9.17) is 4.74 Å². The molecule has 0 aromatic rings. The fraction of sp³-hybridized carbons (Fsp3) is 0.933. The van der Waals surface area contributed by atoms with Crippen LogP contribution in [0.2, 0.25) is 0 Å². The number of aliphatic hydroxyl groups is 1. The third kappa shape index (κ3) is 3.93. The van der Waals surface area contributed by atoms with Gasteiger partial charge in [0, 0.05) is 12.1 Å². The molecular formula is C15H27NO3. The van der Waals surface area contributed by atoms with E-state index in [2.05, 4.69) is 4.90 Å². The van der Waals surface area contributed by atoms with Crippen molar-refractivity contribution in [2.24, 2.45) is 0 Å². The molecule has 1 aliphatic heterocycles. The van der Waals surface area contributed by atoms with E-state index in [1.807, 2.05) is 0 Å². The third-order valence-electron chi connectivity index (χ3n) is 4.67. The number of carbonyl (C=O) groups is 1. The summed E-state index contributed by atoms with van der Waals surface area (Å²) in [5.41, 5.74) is 0. The Labute approximate surface area is 116 Å². The van der Waals surface area contributed by atoms with Crippen LogP contribution in [0.15, 0.2) is 0 Å². The van der Waals surface area contributed by atoms with Gasteiger partial charge in [-0.25, -0.2) is 0 Å². The Morgan fingerprint density at radius 2 is 1.89 bits per heavy atom. The molecule has 2 aliphatic rings. The van der Waals surface area contributed by atoms with E-state index in [1.165, 1.54) is 32.8 Å². The summed E-state index contributed by atoms with van der Waals surface area (Å²) in [4.78, 5) is 13.9. The lowest BCUT2D eigenvalue weighted by atomic mass is 9.93. The highest BCUT2D eigenvalue weighted by Crippen LogP contribution is 2.29. The Morgan fingerprint density at radius 3 is 2.68 bits per heavy atom. The number of likely N-dealkylation sites (tertiary alicyclic amines) is 1. The average Bonchev–Trinajstić information content (AvgIpc) is 2.64. The van der Waals surface area contributed by atoms with Gasteiger partial charge in [0.15, 0.2) is 0 Å². The van der Waals surface area contributed by atoms with Crippen LogP contribution < -0.4 is 0 Å². The number of methoxy groups -OCH3 is 1. The Morgan fingerprint density at radius 1 is 1.16 bits per heavy atom. The first-order valence-corrected chi connectivity index (χ1v) is 7.73. The topological polar surface area (TPSA) is 49.8 Å². The number of aliphatic hydroxyl groups excluding tert-OH is 1. The maximum Gasteiger partial charge on any atom is 0.307 e. The average molecular weight is 269 g/mol. The first kappa shape index (κ1) is 14.8. The van der Waals surface area contributed by atoms with E-state index in [1.54, 1.807) is 0 Å². The minimum atomic E-state index is -0.222. The number of nitrogens with zero attached hydrogens (tertiary/aromatic N) is 1. The Bertz CT molecular complexity index is 295. The lowest BCUT2D eigenvalue weighted by molar-refractivity contribution is -0.143. The Balaban J connectivity index is 2.02. The summed E-state index contributed by atoms with van der Waals surface area (Å²) in [6.45, 7) is 1.02. The number of esters is 1. The van der Waals surface area contributed by atoms with Crippen LogP contribution in [0, 0.1) is 0 Å². The normalized spacial score (nSPS) is 33.7. The predicted octanol–water partition coefficient (Wildman–Crippen LogP) is 2.10. The first-order chi connectivity index (χ1) is 9.22. The molecule has 0 aromatic heterocycles. The van der Waals surface area contributed by atoms with Crippen molar-refractivity contribution in [3.8, 4) is 0 Å². The zero-order valence-electron chi connectivity index (χ0n) is 12.0. The van der Waals surface area contributed by atoms with Crippen molar-refractivity contribution in [2.45, 2.75) is 76.0 Å². The van der Waals surface area contributed by atoms with Crippen LogP contribution in [-0.4, -0.2) is 47.8 Å². The van der Waals surface area contributed by atoms with Gasteiger partial charge in [0.05, 0.1) is 19.6 Å². The molecule has 1 heterocycles. The summed E-state index contributed by atoms with van der Waals surface area (Å²) < 4.78 is 4.81. The zero-order valence-corrected chi connectivity index (χ0v) is 12.0. The highest BCUT2D eigenvalue weighted by atomic mass is 16.5. The second-order valence-electron chi connectivity index (χ2n) is 5.94. The van der Waals surface area contributed by atoms with Crippen molar-refractivity contribution >= 4 is 5.97 Å². The van der Waals surface area contributed by atoms with Crippen molar-refractivity contribution in [3.63, 3.8) is 0 Å². The summed E-state index contributed by atoms with van der Waals surface area (Å²) in [5, 5.41) is 10.4. The number of rotatable bonds is 3. The summed E-state index contributed by atoms with van der Waals surface area (Å²) in [7, 11) is 1.45. The fourth-order valence-electron chi connectivity index (χ4n) is 3.61. The summed E-state index contributed by atoms with van der Waals surface area (Å²) in [5.74, 6) is -0.125. The molecule has 1 saturated carbocycles. The molecule has 1 N–H and O–H groups in total. The number of hydrogen-bond donors (Lipinski definition) is 1. The highest BCUT2D eigenvalue weighted by molar-refractivity contribution is 5.69. The molecule has 2 fully saturated rings. The maximum absolute atomic E-state index is 11.5. The van der Waals surface area contributed by atoms with E-state index in [-0.39, 0.29) is 24.2 Å². The second kappa shape index (κ2) is 7.25. The van der Waals surface area contributed by atoms with Crippen LogP contribution in [-0.2, 0) is 9.53 Å². The molecule has 110 valence electrons. The van der Waals surface area contributed by atoms with Gasteiger partial charge in [-0.15, -0.1) is 0 Å². The van der Waals surface area contributed by atoms with E-state index < -0.39 is 0 Å². The molecule has 3 unspecified atom stereocenters. The van der Waals surface area contributed by atoms with Gasteiger partial charge < -0.3 is 9.84 Å². The zero-order chi connectivity index (χ0) is 13.7. The molecule has 3 atom stereocenters. The van der Waals surface area contributed by atoms with Crippen LogP contribution in [0.3, 0.4) is 0 Å². The number of carbonyl (C=O) groups excluding carboxylic acids is 1. The molecular weight excluding hydrogens is 242 g/mol. The molecule has 4 heteroatoms. The van der Waals surface area contributed by atoms with Gasteiger partial charge in [-0.3, -0.25) is 9.69 Å². The van der Waals surface area contributed by atoms with E-state index in [0.717, 1.165) is 32.2 Å². The minimum absolute atomic E-state index is 0.125. The molecule has 1 aliphatic carbocycles.